The van der Waals surface area contributed by atoms with E-state index in [0.29, 0.717) is 11.6 Å². The number of fused-ring (bicyclic) bond motifs is 1. The first-order chi connectivity index (χ1) is 17.6. The van der Waals surface area contributed by atoms with Crippen molar-refractivity contribution < 1.29 is 36.6 Å². The molecule has 11 nitrogen and oxygen atoms in total. The van der Waals surface area contributed by atoms with Gasteiger partial charge in [0.15, 0.2) is 29.6 Å². The summed E-state index contributed by atoms with van der Waals surface area (Å²) in [4.78, 5) is 15.9. The minimum atomic E-state index is -4.71. The molecule has 1 amide bonds. The van der Waals surface area contributed by atoms with Crippen LogP contribution in [0.25, 0.3) is 5.52 Å². The Balaban J connectivity index is 1.16. The summed E-state index contributed by atoms with van der Waals surface area (Å²) >= 11 is 0. The van der Waals surface area contributed by atoms with E-state index in [2.05, 4.69) is 30.9 Å². The fourth-order valence-electron chi connectivity index (χ4n) is 5.11. The van der Waals surface area contributed by atoms with Crippen LogP contribution in [0.1, 0.15) is 42.4 Å². The number of rotatable bonds is 7. The average Bonchev–Trinajstić information content (AvgIpc) is 3.49. The second-order valence-electron chi connectivity index (χ2n) is 9.73. The Kier molecular flexibility index (Phi) is 5.52. The van der Waals surface area contributed by atoms with E-state index in [0.717, 1.165) is 30.0 Å². The van der Waals surface area contributed by atoms with Crippen molar-refractivity contribution in [3.63, 3.8) is 0 Å². The molecule has 37 heavy (non-hydrogen) atoms. The van der Waals surface area contributed by atoms with Crippen LogP contribution in [-0.4, -0.2) is 62.4 Å². The van der Waals surface area contributed by atoms with E-state index in [1.807, 2.05) is 0 Å². The van der Waals surface area contributed by atoms with Gasteiger partial charge in [-0.3, -0.25) is 5.10 Å². The molecule has 3 aromatic rings. The van der Waals surface area contributed by atoms with Crippen molar-refractivity contribution in [2.45, 2.75) is 56.0 Å². The number of carbonyl (C=O) groups is 1. The number of nitrogens with one attached hydrogen (secondary N) is 3. The summed E-state index contributed by atoms with van der Waals surface area (Å²) in [5.74, 6) is 0.596. The molecule has 0 spiro atoms. The molecule has 3 aliphatic carbocycles. The van der Waals surface area contributed by atoms with Gasteiger partial charge in [0.25, 0.3) is 0 Å². The second kappa shape index (κ2) is 8.55. The zero-order valence-corrected chi connectivity index (χ0v) is 19.5. The Morgan fingerprint density at radius 3 is 2.78 bits per heavy atom. The summed E-state index contributed by atoms with van der Waals surface area (Å²) in [6.45, 7) is -0.0563. The Labute approximate surface area is 206 Å². The van der Waals surface area contributed by atoms with Crippen molar-refractivity contribution in [3.8, 4) is 0 Å². The van der Waals surface area contributed by atoms with Gasteiger partial charge in [-0.15, -0.1) is 0 Å². The molecule has 1 aliphatic heterocycles. The lowest BCUT2D eigenvalue weighted by Gasteiger charge is -2.61. The molecule has 198 valence electrons. The molecule has 3 saturated carbocycles. The number of anilines is 2. The lowest BCUT2D eigenvalue weighted by Crippen LogP contribution is -2.68. The van der Waals surface area contributed by atoms with E-state index in [1.54, 1.807) is 0 Å². The highest BCUT2D eigenvalue weighted by molar-refractivity contribution is 5.73. The summed E-state index contributed by atoms with van der Waals surface area (Å²) in [5.41, 5.74) is -0.478. The van der Waals surface area contributed by atoms with E-state index in [-0.39, 0.29) is 41.6 Å². The number of alkyl halides is 4. The predicted molar refractivity (Wildman–Crippen MR) is 118 cm³/mol. The molecule has 3 N–H and O–H groups in total. The van der Waals surface area contributed by atoms with Crippen molar-refractivity contribution in [2.75, 3.05) is 19.0 Å². The van der Waals surface area contributed by atoms with Gasteiger partial charge in [0.1, 0.15) is 11.6 Å². The number of nitrogens with zero attached hydrogens (tertiary/aromatic N) is 4. The largest absolute Gasteiger partial charge is 0.441 e. The average molecular weight is 525 g/mol. The van der Waals surface area contributed by atoms with Crippen molar-refractivity contribution >= 4 is 23.2 Å². The molecule has 1 saturated heterocycles. The minimum Gasteiger partial charge on any atom is -0.441 e. The Morgan fingerprint density at radius 1 is 1.32 bits per heavy atom. The van der Waals surface area contributed by atoms with Crippen LogP contribution in [-0.2, 0) is 27.0 Å². The number of aromatic amines is 1. The maximum Gasteiger partial charge on any atom is 0.434 e. The third-order valence-corrected chi connectivity index (χ3v) is 6.99. The Hall–Kier alpha value is -3.46. The summed E-state index contributed by atoms with van der Waals surface area (Å²) in [6, 6.07) is 2.93. The van der Waals surface area contributed by atoms with E-state index < -0.39 is 36.3 Å². The highest BCUT2D eigenvalue weighted by Gasteiger charge is 2.58. The third-order valence-electron chi connectivity index (χ3n) is 6.99. The minimum absolute atomic E-state index is 0.0831. The summed E-state index contributed by atoms with van der Waals surface area (Å²) in [6.07, 6.45) is -5.71. The van der Waals surface area contributed by atoms with Crippen molar-refractivity contribution in [1.29, 1.82) is 0 Å². The number of methoxy groups -OCH3 is 1. The number of H-pyrrole nitrogens is 1. The van der Waals surface area contributed by atoms with Gasteiger partial charge in [0.2, 0.25) is 0 Å². The van der Waals surface area contributed by atoms with Gasteiger partial charge in [-0.2, -0.15) is 23.4 Å². The molecule has 2 bridgehead atoms. The predicted octanol–water partition coefficient (Wildman–Crippen LogP) is 3.42. The topological polar surface area (TPSA) is 128 Å². The lowest BCUT2D eigenvalue weighted by atomic mass is 9.50. The van der Waals surface area contributed by atoms with Crippen LogP contribution in [0, 0.1) is 5.92 Å². The molecular formula is C22H23F4N7O4. The van der Waals surface area contributed by atoms with E-state index in [1.165, 1.54) is 19.2 Å². The van der Waals surface area contributed by atoms with E-state index in [4.69, 9.17) is 14.2 Å². The van der Waals surface area contributed by atoms with Gasteiger partial charge >= 0.3 is 12.3 Å². The van der Waals surface area contributed by atoms with Gasteiger partial charge in [-0.1, -0.05) is 0 Å². The fourth-order valence-corrected chi connectivity index (χ4v) is 5.11. The van der Waals surface area contributed by atoms with Crippen LogP contribution in [0.15, 0.2) is 18.3 Å². The van der Waals surface area contributed by atoms with Crippen molar-refractivity contribution in [1.82, 2.24) is 30.1 Å². The summed E-state index contributed by atoms with van der Waals surface area (Å²) in [7, 11) is 1.44. The normalized spacial score (nSPS) is 28.6. The number of amides is 1. The van der Waals surface area contributed by atoms with E-state index >= 15 is 4.39 Å². The third kappa shape index (κ3) is 4.35. The van der Waals surface area contributed by atoms with Crippen LogP contribution in [0.2, 0.25) is 0 Å². The van der Waals surface area contributed by atoms with Crippen LogP contribution in [0.5, 0.6) is 0 Å². The number of hydrogen-bond acceptors (Lipinski definition) is 8. The first-order valence-corrected chi connectivity index (χ1v) is 11.6. The van der Waals surface area contributed by atoms with Gasteiger partial charge < -0.3 is 24.8 Å². The fraction of sp³-hybridized carbons (Fsp3) is 0.545. The van der Waals surface area contributed by atoms with Gasteiger partial charge in [0.05, 0.1) is 30.8 Å². The number of carbonyl (C=O) groups excluding carboxylic acids is 1. The maximum absolute atomic E-state index is 15.1. The second-order valence-corrected chi connectivity index (χ2v) is 9.73. The molecule has 3 aromatic heterocycles. The monoisotopic (exact) mass is 525 g/mol. The molecular weight excluding hydrogens is 502 g/mol. The standard InChI is InChI=1S/C22H23F4N7O4/c1-35-8-11-2-13-19(27-15(22(24,25)26)7-33(13)32-11)28-16-3-12(30-31-16)18-17(23)14(9-36-18)37-20(34)29-21-4-10(5-21)6-21/h2-3,7,10,14,17-18H,4-6,8-9H2,1H3,(H,29,34)(H2,27,28,30,31)/t10?,14-,17-,18-,21?/m0/s1. The van der Waals surface area contributed by atoms with E-state index in [9.17, 15) is 18.0 Å². The SMILES string of the molecule is COCc1cc2c(Nc3cc([C@@H]4OC[C@H](OC(=O)NC56CC(C5)C6)[C@@H]4F)[nH]n3)nc(C(F)(F)F)cn2n1. The molecule has 0 radical (unpaired) electrons. The Bertz CT molecular complexity index is 1330. The molecule has 4 aliphatic rings. The Morgan fingerprint density at radius 2 is 2.11 bits per heavy atom. The number of alkyl carbamates (subject to hydrolysis) is 1. The molecule has 15 heteroatoms. The van der Waals surface area contributed by atoms with Gasteiger partial charge in [0, 0.05) is 18.7 Å². The molecule has 4 heterocycles. The zero-order valence-electron chi connectivity index (χ0n) is 19.5. The van der Waals surface area contributed by atoms with Crippen molar-refractivity contribution in [2.24, 2.45) is 5.92 Å². The first kappa shape index (κ1) is 23.9. The summed E-state index contributed by atoms with van der Waals surface area (Å²) in [5, 5.41) is 16.3. The highest BCUT2D eigenvalue weighted by atomic mass is 19.4. The molecule has 7 rings (SSSR count). The number of hydrogen-bond donors (Lipinski definition) is 3. The number of aromatic nitrogens is 5. The smallest absolute Gasteiger partial charge is 0.434 e. The lowest BCUT2D eigenvalue weighted by molar-refractivity contribution is -0.141. The number of ether oxygens (including phenoxy) is 3. The molecule has 0 unspecified atom stereocenters. The molecule has 3 atom stereocenters. The van der Waals surface area contributed by atoms with Crippen LogP contribution in [0.4, 0.5) is 34.0 Å². The zero-order chi connectivity index (χ0) is 25.9. The van der Waals surface area contributed by atoms with Crippen LogP contribution < -0.4 is 10.6 Å². The molecule has 0 aromatic carbocycles. The number of halogens is 4. The maximum atomic E-state index is 15.1. The van der Waals surface area contributed by atoms with Crippen LogP contribution >= 0.6 is 0 Å². The van der Waals surface area contributed by atoms with Gasteiger partial charge in [-0.05, 0) is 31.2 Å². The van der Waals surface area contributed by atoms with Crippen molar-refractivity contribution in [3.05, 3.63) is 35.4 Å². The quantitative estimate of drug-likeness (QED) is 0.401. The highest BCUT2D eigenvalue weighted by Crippen LogP contribution is 2.57. The first-order valence-electron chi connectivity index (χ1n) is 11.6. The molecule has 4 fully saturated rings. The van der Waals surface area contributed by atoms with Gasteiger partial charge in [-0.25, -0.2) is 18.7 Å². The van der Waals surface area contributed by atoms with Crippen LogP contribution in [0.3, 0.4) is 0 Å². The summed E-state index contributed by atoms with van der Waals surface area (Å²) < 4.78 is 72.1.